The van der Waals surface area contributed by atoms with E-state index in [0.717, 1.165) is 5.56 Å². The third kappa shape index (κ3) is 12.2. The van der Waals surface area contributed by atoms with Gasteiger partial charge in [-0.2, -0.15) is 0 Å². The molecule has 2 atom stereocenters. The molecule has 0 unspecified atom stereocenters. The highest BCUT2D eigenvalue weighted by molar-refractivity contribution is 5.95. The van der Waals surface area contributed by atoms with Crippen LogP contribution in [-0.4, -0.2) is 93.6 Å². The average Bonchev–Trinajstić information content (AvgIpc) is 3.16. The van der Waals surface area contributed by atoms with Gasteiger partial charge in [-0.15, -0.1) is 0 Å². The van der Waals surface area contributed by atoms with Gasteiger partial charge in [0, 0.05) is 43.4 Å². The number of carbonyl (C=O) groups is 5. The predicted molar refractivity (Wildman–Crippen MR) is 197 cm³/mol. The molecule has 2 heterocycles. The summed E-state index contributed by atoms with van der Waals surface area (Å²) in [4.78, 5) is 67.7. The van der Waals surface area contributed by atoms with Gasteiger partial charge in [0.15, 0.2) is 11.5 Å². The first-order chi connectivity index (χ1) is 25.6. The van der Waals surface area contributed by atoms with Gasteiger partial charge in [-0.05, 0) is 75.4 Å². The maximum absolute atomic E-state index is 13.6. The van der Waals surface area contributed by atoms with Gasteiger partial charge in [-0.25, -0.2) is 0 Å². The van der Waals surface area contributed by atoms with Crippen LogP contribution < -0.4 is 35.5 Å². The number of fused-ring (bicyclic) bond motifs is 18. The van der Waals surface area contributed by atoms with Gasteiger partial charge in [0.1, 0.15) is 30.2 Å². The molecule has 2 aliphatic heterocycles. The summed E-state index contributed by atoms with van der Waals surface area (Å²) in [7, 11) is 2.99. The molecular formula is C39H49N5O9. The molecule has 0 saturated heterocycles. The van der Waals surface area contributed by atoms with Crippen molar-refractivity contribution >= 4 is 29.5 Å². The van der Waals surface area contributed by atoms with E-state index in [1.165, 1.54) is 19.1 Å². The van der Waals surface area contributed by atoms with Crippen molar-refractivity contribution in [2.45, 2.75) is 58.2 Å². The van der Waals surface area contributed by atoms with Crippen molar-refractivity contribution in [2.75, 3.05) is 47.1 Å². The minimum absolute atomic E-state index is 0.0846. The van der Waals surface area contributed by atoms with Crippen molar-refractivity contribution < 1.29 is 42.9 Å². The van der Waals surface area contributed by atoms with Crippen LogP contribution in [0.4, 0.5) is 0 Å². The van der Waals surface area contributed by atoms with E-state index in [1.807, 2.05) is 30.3 Å². The number of hydrogen-bond acceptors (Lipinski definition) is 9. The first-order valence-electron chi connectivity index (χ1n) is 17.7. The zero-order chi connectivity index (χ0) is 38.2. The molecule has 5 amide bonds. The SMILES string of the molecule is CCOCC(=O)N1CCCCNC(=O)c2ccc(OC)c(c2)Oc2ccc(c(OC)c2)CNC(=O)[C@H](C)NC(=O)[C@H](CCc2ccccc2)NC(=O)C1. The molecular weight excluding hydrogens is 682 g/mol. The summed E-state index contributed by atoms with van der Waals surface area (Å²) in [6, 6.07) is 17.5. The molecule has 284 valence electrons. The fourth-order valence-corrected chi connectivity index (χ4v) is 5.62. The normalized spacial score (nSPS) is 17.9. The fraction of sp³-hybridized carbons (Fsp3) is 0.410. The molecule has 3 aromatic rings. The van der Waals surface area contributed by atoms with E-state index >= 15 is 0 Å². The second-order valence-electron chi connectivity index (χ2n) is 12.4. The highest BCUT2D eigenvalue weighted by Crippen LogP contribution is 2.34. The van der Waals surface area contributed by atoms with Gasteiger partial charge in [0.25, 0.3) is 5.91 Å². The van der Waals surface area contributed by atoms with Crippen LogP contribution in [0.5, 0.6) is 23.0 Å². The number of ether oxygens (including phenoxy) is 4. The van der Waals surface area contributed by atoms with E-state index in [1.54, 1.807) is 50.2 Å². The zero-order valence-electron chi connectivity index (χ0n) is 30.7. The molecule has 4 N–H and O–H groups in total. The molecule has 0 aromatic heterocycles. The summed E-state index contributed by atoms with van der Waals surface area (Å²) < 4.78 is 22.5. The maximum Gasteiger partial charge on any atom is 0.251 e. The van der Waals surface area contributed by atoms with E-state index in [0.29, 0.717) is 66.5 Å². The van der Waals surface area contributed by atoms with Crippen LogP contribution >= 0.6 is 0 Å². The highest BCUT2D eigenvalue weighted by Gasteiger charge is 2.26. The zero-order valence-corrected chi connectivity index (χ0v) is 30.7. The van der Waals surface area contributed by atoms with Gasteiger partial charge in [0.05, 0.1) is 20.8 Å². The summed E-state index contributed by atoms with van der Waals surface area (Å²) in [5.74, 6) is -0.668. The van der Waals surface area contributed by atoms with Crippen LogP contribution in [0.25, 0.3) is 0 Å². The van der Waals surface area contributed by atoms with Crippen molar-refractivity contribution in [1.29, 1.82) is 0 Å². The lowest BCUT2D eigenvalue weighted by atomic mass is 10.0. The second kappa shape index (κ2) is 20.4. The van der Waals surface area contributed by atoms with E-state index in [2.05, 4.69) is 21.3 Å². The number of methoxy groups -OCH3 is 2. The predicted octanol–water partition coefficient (Wildman–Crippen LogP) is 3.12. The van der Waals surface area contributed by atoms with Crippen LogP contribution in [0.3, 0.4) is 0 Å². The molecule has 0 spiro atoms. The van der Waals surface area contributed by atoms with E-state index < -0.39 is 29.8 Å². The van der Waals surface area contributed by atoms with Crippen LogP contribution in [0.15, 0.2) is 66.7 Å². The molecule has 0 saturated carbocycles. The van der Waals surface area contributed by atoms with Crippen molar-refractivity contribution in [2.24, 2.45) is 0 Å². The topological polar surface area (TPSA) is 174 Å². The monoisotopic (exact) mass is 731 g/mol. The number of aryl methyl sites for hydroxylation is 1. The lowest BCUT2D eigenvalue weighted by Crippen LogP contribution is -2.54. The molecule has 0 radical (unpaired) electrons. The first-order valence-corrected chi connectivity index (χ1v) is 17.7. The van der Waals surface area contributed by atoms with E-state index in [-0.39, 0.29) is 44.5 Å². The maximum atomic E-state index is 13.6. The third-order valence-electron chi connectivity index (χ3n) is 8.59. The smallest absolute Gasteiger partial charge is 0.251 e. The van der Waals surface area contributed by atoms with Crippen molar-refractivity contribution in [1.82, 2.24) is 26.2 Å². The second-order valence-corrected chi connectivity index (χ2v) is 12.4. The summed E-state index contributed by atoms with van der Waals surface area (Å²) in [6.07, 6.45) is 1.72. The van der Waals surface area contributed by atoms with Gasteiger partial charge >= 0.3 is 0 Å². The third-order valence-corrected chi connectivity index (χ3v) is 8.59. The van der Waals surface area contributed by atoms with Gasteiger partial charge < -0.3 is 45.1 Å². The Labute approximate surface area is 309 Å². The molecule has 2 aliphatic rings. The minimum Gasteiger partial charge on any atom is -0.496 e. The molecule has 5 rings (SSSR count). The number of hydrogen-bond donors (Lipinski definition) is 4. The van der Waals surface area contributed by atoms with Crippen LogP contribution in [0.2, 0.25) is 0 Å². The molecule has 14 nitrogen and oxygen atoms in total. The number of rotatable bonds is 8. The molecule has 3 aromatic carbocycles. The Morgan fingerprint density at radius 3 is 2.40 bits per heavy atom. The molecule has 4 bridgehead atoms. The first kappa shape index (κ1) is 40.1. The Hall–Kier alpha value is -5.63. The van der Waals surface area contributed by atoms with Crippen LogP contribution in [0.1, 0.15) is 54.6 Å². The Morgan fingerprint density at radius 1 is 0.887 bits per heavy atom. The van der Waals surface area contributed by atoms with Crippen molar-refractivity contribution in [3.8, 4) is 23.0 Å². The molecule has 0 aliphatic carbocycles. The number of carbonyl (C=O) groups excluding carboxylic acids is 5. The number of nitrogens with one attached hydrogen (secondary N) is 4. The largest absolute Gasteiger partial charge is 0.496 e. The van der Waals surface area contributed by atoms with Crippen molar-refractivity contribution in [3.63, 3.8) is 0 Å². The average molecular weight is 732 g/mol. The number of benzene rings is 3. The fourth-order valence-electron chi connectivity index (χ4n) is 5.62. The van der Waals surface area contributed by atoms with Crippen LogP contribution in [0, 0.1) is 0 Å². The summed E-state index contributed by atoms with van der Waals surface area (Å²) in [5, 5.41) is 11.2. The summed E-state index contributed by atoms with van der Waals surface area (Å²) in [5.41, 5.74) is 1.97. The van der Waals surface area contributed by atoms with Gasteiger partial charge in [-0.1, -0.05) is 30.3 Å². The molecule has 53 heavy (non-hydrogen) atoms. The van der Waals surface area contributed by atoms with Crippen molar-refractivity contribution in [3.05, 3.63) is 83.4 Å². The summed E-state index contributed by atoms with van der Waals surface area (Å²) in [6.45, 7) is 3.74. The quantitative estimate of drug-likeness (QED) is 0.254. The number of nitrogens with zero attached hydrogens (tertiary/aromatic N) is 1. The highest BCUT2D eigenvalue weighted by atomic mass is 16.5. The van der Waals surface area contributed by atoms with E-state index in [9.17, 15) is 24.0 Å². The lowest BCUT2D eigenvalue weighted by molar-refractivity contribution is -0.140. The minimum atomic E-state index is -0.990. The standard InChI is InChI=1S/C39H49N5O9/c1-5-52-25-36(46)44-20-10-9-19-40-38(48)28-15-18-32(50-3)34(21-28)53-30-16-14-29(33(22-30)51-4)23-41-37(47)26(2)42-39(49)31(43-35(45)24-44)17-13-27-11-7-6-8-12-27/h6-8,11-12,14-16,18,21-22,26,31H,5,9-10,13,17,19-20,23-25H2,1-4H3,(H,40,48)(H,41,47)(H,42,49)(H,43,45)/t26-,31-/m0/s1. The van der Waals surface area contributed by atoms with Gasteiger partial charge in [0.2, 0.25) is 23.6 Å². The molecule has 0 fully saturated rings. The molecule has 14 heteroatoms. The van der Waals surface area contributed by atoms with E-state index in [4.69, 9.17) is 18.9 Å². The Morgan fingerprint density at radius 2 is 1.66 bits per heavy atom. The number of amides is 5. The van der Waals surface area contributed by atoms with Crippen LogP contribution in [-0.2, 0) is 36.9 Å². The summed E-state index contributed by atoms with van der Waals surface area (Å²) >= 11 is 0. The Bertz CT molecular complexity index is 1720. The lowest BCUT2D eigenvalue weighted by Gasteiger charge is -2.25. The van der Waals surface area contributed by atoms with Gasteiger partial charge in [-0.3, -0.25) is 24.0 Å². The Balaban J connectivity index is 1.59. The Kier molecular flexibility index (Phi) is 15.5.